The van der Waals surface area contributed by atoms with Gasteiger partial charge in [-0.05, 0) is 78.6 Å². The summed E-state index contributed by atoms with van der Waals surface area (Å²) in [5.74, 6) is 2.55. The van der Waals surface area contributed by atoms with E-state index in [-0.39, 0.29) is 0 Å². The number of methoxy groups -OCH3 is 1. The summed E-state index contributed by atoms with van der Waals surface area (Å²) < 4.78 is 18.1. The van der Waals surface area contributed by atoms with Gasteiger partial charge in [0.1, 0.15) is 17.2 Å². The molecule has 0 radical (unpaired) electrons. The maximum absolute atomic E-state index is 6.39. The lowest BCUT2D eigenvalue weighted by Gasteiger charge is -2.15. The van der Waals surface area contributed by atoms with Crippen molar-refractivity contribution in [1.82, 2.24) is 4.98 Å². The molecular formula is C44H60N2O3. The summed E-state index contributed by atoms with van der Waals surface area (Å²) in [7, 11) is 1.69. The van der Waals surface area contributed by atoms with Crippen LogP contribution in [0.3, 0.4) is 0 Å². The van der Waals surface area contributed by atoms with E-state index in [1.165, 1.54) is 89.9 Å². The van der Waals surface area contributed by atoms with Crippen LogP contribution in [0.1, 0.15) is 139 Å². The number of unbranched alkanes of at least 4 members (excludes halogenated alkanes) is 14. The summed E-state index contributed by atoms with van der Waals surface area (Å²) in [6.07, 6.45) is 30.6. The Morgan fingerprint density at radius 1 is 0.633 bits per heavy atom. The molecule has 3 aromatic rings. The van der Waals surface area contributed by atoms with Crippen LogP contribution in [0, 0.1) is 0 Å². The Kier molecular flexibility index (Phi) is 17.4. The zero-order valence-electron chi connectivity index (χ0n) is 30.5. The van der Waals surface area contributed by atoms with Gasteiger partial charge in [-0.15, -0.1) is 0 Å². The molecule has 5 nitrogen and oxygen atoms in total. The number of nitrogens with zero attached hydrogens (tertiary/aromatic N) is 1. The number of aliphatic imine (C=N–C) groups is 1. The molecule has 1 aromatic heterocycles. The van der Waals surface area contributed by atoms with Crippen LogP contribution in [0.15, 0.2) is 77.4 Å². The number of aromatic nitrogens is 1. The van der Waals surface area contributed by atoms with E-state index in [9.17, 15) is 0 Å². The molecule has 2 aromatic carbocycles. The van der Waals surface area contributed by atoms with Crippen molar-refractivity contribution in [3.05, 3.63) is 95.0 Å². The van der Waals surface area contributed by atoms with Crippen LogP contribution in [0.4, 0.5) is 0 Å². The molecule has 0 spiro atoms. The van der Waals surface area contributed by atoms with Gasteiger partial charge in [-0.25, -0.2) is 0 Å². The molecule has 0 unspecified atom stereocenters. The fourth-order valence-corrected chi connectivity index (χ4v) is 6.18. The van der Waals surface area contributed by atoms with Crippen molar-refractivity contribution in [2.75, 3.05) is 20.3 Å². The van der Waals surface area contributed by atoms with Crippen molar-refractivity contribution in [3.63, 3.8) is 0 Å². The van der Waals surface area contributed by atoms with Crippen LogP contribution in [0.5, 0.6) is 17.2 Å². The number of aromatic amines is 1. The lowest BCUT2D eigenvalue weighted by atomic mass is 10.00. The summed E-state index contributed by atoms with van der Waals surface area (Å²) in [4.78, 5) is 8.35. The van der Waals surface area contributed by atoms with Gasteiger partial charge in [-0.1, -0.05) is 122 Å². The van der Waals surface area contributed by atoms with Crippen LogP contribution < -0.4 is 14.2 Å². The molecule has 0 amide bonds. The average molecular weight is 665 g/mol. The topological polar surface area (TPSA) is 55.8 Å². The average Bonchev–Trinajstić information content (AvgIpc) is 3.83. The molecular weight excluding hydrogens is 604 g/mol. The minimum atomic E-state index is 0.711. The van der Waals surface area contributed by atoms with Gasteiger partial charge >= 0.3 is 0 Å². The number of H-pyrrole nitrogens is 1. The third-order valence-electron chi connectivity index (χ3n) is 9.06. The van der Waals surface area contributed by atoms with E-state index in [2.05, 4.69) is 79.5 Å². The van der Waals surface area contributed by atoms with Crippen molar-refractivity contribution >= 4 is 23.9 Å². The molecule has 1 aliphatic heterocycles. The summed E-state index contributed by atoms with van der Waals surface area (Å²) >= 11 is 0. The van der Waals surface area contributed by atoms with Crippen LogP contribution in [0.2, 0.25) is 0 Å². The van der Waals surface area contributed by atoms with Crippen molar-refractivity contribution in [3.8, 4) is 17.2 Å². The van der Waals surface area contributed by atoms with Gasteiger partial charge in [-0.2, -0.15) is 0 Å². The third kappa shape index (κ3) is 13.8. The standard InChI is InChI=1S/C44H60N2O3/c1-4-6-8-10-12-14-16-18-31-48-40-33-37(34-41(35-40)49-32-19-17-15-13-11-9-7-5-2)44(42-21-20-30-45-42)43-29-26-38(46-43)25-22-36-23-27-39(47-3)28-24-36/h20-30,33-35,46H,4-19,31-32H2,1-3H3/b25-22+,44-42+. The molecule has 5 heteroatoms. The first-order valence-corrected chi connectivity index (χ1v) is 19.1. The molecule has 0 atom stereocenters. The molecule has 1 N–H and O–H groups in total. The first-order valence-electron chi connectivity index (χ1n) is 19.1. The van der Waals surface area contributed by atoms with Gasteiger partial charge in [0.2, 0.25) is 0 Å². The highest BCUT2D eigenvalue weighted by Crippen LogP contribution is 2.35. The first kappa shape index (κ1) is 37.8. The molecule has 0 bridgehead atoms. The fraction of sp³-hybridized carbons (Fsp3) is 0.477. The summed E-state index contributed by atoms with van der Waals surface area (Å²) in [5.41, 5.74) is 6.11. The molecule has 0 aliphatic carbocycles. The highest BCUT2D eigenvalue weighted by atomic mass is 16.5. The number of rotatable bonds is 25. The number of allylic oxidation sites excluding steroid dienone is 2. The van der Waals surface area contributed by atoms with Gasteiger partial charge in [-0.3, -0.25) is 4.99 Å². The van der Waals surface area contributed by atoms with E-state index in [0.717, 1.165) is 63.9 Å². The van der Waals surface area contributed by atoms with E-state index < -0.39 is 0 Å². The lowest BCUT2D eigenvalue weighted by Crippen LogP contribution is -2.02. The van der Waals surface area contributed by atoms with Crippen LogP contribution in [-0.2, 0) is 0 Å². The van der Waals surface area contributed by atoms with Crippen LogP contribution in [-0.4, -0.2) is 31.5 Å². The quantitative estimate of drug-likeness (QED) is 0.0917. The van der Waals surface area contributed by atoms with E-state index in [4.69, 9.17) is 19.2 Å². The zero-order valence-corrected chi connectivity index (χ0v) is 30.5. The van der Waals surface area contributed by atoms with Gasteiger partial charge in [0.25, 0.3) is 0 Å². The van der Waals surface area contributed by atoms with Crippen LogP contribution >= 0.6 is 0 Å². The molecule has 2 heterocycles. The normalized spacial score (nSPS) is 13.4. The Balaban J connectivity index is 1.46. The highest BCUT2D eigenvalue weighted by Gasteiger charge is 2.16. The molecule has 4 rings (SSSR count). The largest absolute Gasteiger partial charge is 0.497 e. The van der Waals surface area contributed by atoms with Gasteiger partial charge in [0, 0.05) is 29.2 Å². The Morgan fingerprint density at radius 3 is 1.73 bits per heavy atom. The number of nitrogens with one attached hydrogen (secondary N) is 1. The Bertz CT molecular complexity index is 1420. The smallest absolute Gasteiger partial charge is 0.123 e. The van der Waals surface area contributed by atoms with Crippen molar-refractivity contribution in [2.45, 2.75) is 117 Å². The Labute approximate surface area is 296 Å². The molecule has 264 valence electrons. The second-order valence-corrected chi connectivity index (χ2v) is 13.2. The van der Waals surface area contributed by atoms with E-state index in [1.54, 1.807) is 7.11 Å². The lowest BCUT2D eigenvalue weighted by molar-refractivity contribution is 0.289. The summed E-state index contributed by atoms with van der Waals surface area (Å²) in [6.45, 7) is 5.97. The molecule has 0 fully saturated rings. The predicted molar refractivity (Wildman–Crippen MR) is 209 cm³/mol. The summed E-state index contributed by atoms with van der Waals surface area (Å²) in [6, 6.07) is 18.7. The van der Waals surface area contributed by atoms with Gasteiger partial charge in [0.05, 0.1) is 26.0 Å². The van der Waals surface area contributed by atoms with Gasteiger partial charge < -0.3 is 19.2 Å². The monoisotopic (exact) mass is 664 g/mol. The molecule has 0 saturated carbocycles. The highest BCUT2D eigenvalue weighted by molar-refractivity contribution is 5.89. The summed E-state index contributed by atoms with van der Waals surface area (Å²) in [5, 5.41) is 0. The van der Waals surface area contributed by atoms with Crippen molar-refractivity contribution in [2.24, 2.45) is 4.99 Å². The van der Waals surface area contributed by atoms with E-state index in [1.807, 2.05) is 24.4 Å². The van der Waals surface area contributed by atoms with Crippen molar-refractivity contribution < 1.29 is 14.2 Å². The maximum Gasteiger partial charge on any atom is 0.123 e. The van der Waals surface area contributed by atoms with Crippen LogP contribution in [0.25, 0.3) is 17.7 Å². The predicted octanol–water partition coefficient (Wildman–Crippen LogP) is 12.6. The second-order valence-electron chi connectivity index (χ2n) is 13.2. The fourth-order valence-electron chi connectivity index (χ4n) is 6.18. The molecule has 1 aliphatic rings. The number of benzene rings is 2. The maximum atomic E-state index is 6.39. The Hall–Kier alpha value is -3.99. The third-order valence-corrected chi connectivity index (χ3v) is 9.06. The first-order chi connectivity index (χ1) is 24.2. The van der Waals surface area contributed by atoms with E-state index in [0.29, 0.717) is 13.2 Å². The zero-order chi connectivity index (χ0) is 34.4. The van der Waals surface area contributed by atoms with Crippen molar-refractivity contribution in [1.29, 1.82) is 0 Å². The van der Waals surface area contributed by atoms with E-state index >= 15 is 0 Å². The Morgan fingerprint density at radius 2 is 1.20 bits per heavy atom. The SMILES string of the molecule is CCCCCCCCCCOc1cc(OCCCCCCCCCC)cc(/C(=C2/C=CC=N2)c2ccc(/C=C/c3ccc(OC)cc3)[nH]2)c1. The molecule has 0 saturated heterocycles. The van der Waals surface area contributed by atoms with Gasteiger partial charge in [0.15, 0.2) is 0 Å². The molecule has 49 heavy (non-hydrogen) atoms. The second kappa shape index (κ2) is 22.6. The number of hydrogen-bond acceptors (Lipinski definition) is 4. The minimum absolute atomic E-state index is 0.711. The number of ether oxygens (including phenoxy) is 3. The number of hydrogen-bond donors (Lipinski definition) is 1. The minimum Gasteiger partial charge on any atom is -0.497 e.